The maximum absolute atomic E-state index is 11.6. The van der Waals surface area contributed by atoms with Gasteiger partial charge in [0.15, 0.2) is 0 Å². The van der Waals surface area contributed by atoms with Gasteiger partial charge in [-0.2, -0.15) is 0 Å². The SMILES string of the molecule is COC(=O)c1cc(O)c2ccc(Br)cc2c1C. The maximum Gasteiger partial charge on any atom is 0.338 e. The third-order valence-electron chi connectivity index (χ3n) is 2.75. The number of hydrogen-bond donors (Lipinski definition) is 1. The molecule has 2 aromatic rings. The van der Waals surface area contributed by atoms with Gasteiger partial charge in [0.05, 0.1) is 12.7 Å². The number of hydrogen-bond acceptors (Lipinski definition) is 3. The van der Waals surface area contributed by atoms with E-state index >= 15 is 0 Å². The lowest BCUT2D eigenvalue weighted by Gasteiger charge is -2.10. The minimum atomic E-state index is -0.445. The van der Waals surface area contributed by atoms with Crippen LogP contribution in [0, 0.1) is 6.92 Å². The number of carbonyl (C=O) groups is 1. The predicted octanol–water partition coefficient (Wildman–Crippen LogP) is 3.40. The first kappa shape index (κ1) is 11.9. The fourth-order valence-electron chi connectivity index (χ4n) is 1.84. The Hall–Kier alpha value is -1.55. The standard InChI is InChI=1S/C13H11BrO3/c1-7-10-5-8(14)3-4-9(10)12(15)6-11(7)13(16)17-2/h3-6,15H,1-2H3. The summed E-state index contributed by atoms with van der Waals surface area (Å²) in [6.45, 7) is 1.83. The van der Waals surface area contributed by atoms with Crippen molar-refractivity contribution in [1.29, 1.82) is 0 Å². The molecule has 0 saturated carbocycles. The van der Waals surface area contributed by atoms with Gasteiger partial charge in [-0.1, -0.05) is 15.9 Å². The topological polar surface area (TPSA) is 46.5 Å². The van der Waals surface area contributed by atoms with Crippen molar-refractivity contribution in [2.45, 2.75) is 6.92 Å². The summed E-state index contributed by atoms with van der Waals surface area (Å²) in [6, 6.07) is 6.97. The van der Waals surface area contributed by atoms with Crippen molar-refractivity contribution in [2.75, 3.05) is 7.11 Å². The van der Waals surface area contributed by atoms with E-state index < -0.39 is 5.97 Å². The van der Waals surface area contributed by atoms with Gasteiger partial charge in [-0.25, -0.2) is 4.79 Å². The molecule has 2 aromatic carbocycles. The molecule has 0 aromatic heterocycles. The number of phenols is 1. The number of methoxy groups -OCH3 is 1. The Morgan fingerprint density at radius 1 is 1.29 bits per heavy atom. The average molecular weight is 295 g/mol. The van der Waals surface area contributed by atoms with Gasteiger partial charge in [0, 0.05) is 9.86 Å². The Kier molecular flexibility index (Phi) is 3.07. The second-order valence-electron chi connectivity index (χ2n) is 3.75. The highest BCUT2D eigenvalue weighted by molar-refractivity contribution is 9.10. The molecular formula is C13H11BrO3. The van der Waals surface area contributed by atoms with Crippen LogP contribution >= 0.6 is 15.9 Å². The molecule has 0 fully saturated rings. The summed E-state index contributed by atoms with van der Waals surface area (Å²) in [7, 11) is 1.32. The molecule has 1 N–H and O–H groups in total. The third-order valence-corrected chi connectivity index (χ3v) is 3.25. The van der Waals surface area contributed by atoms with Gasteiger partial charge in [-0.05, 0) is 42.1 Å². The molecule has 2 rings (SSSR count). The third kappa shape index (κ3) is 2.00. The minimum Gasteiger partial charge on any atom is -0.507 e. The average Bonchev–Trinajstić information content (AvgIpc) is 2.32. The number of aryl methyl sites for hydroxylation is 1. The molecule has 4 heteroatoms. The highest BCUT2D eigenvalue weighted by Gasteiger charge is 2.14. The van der Waals surface area contributed by atoms with Crippen LogP contribution in [0.4, 0.5) is 0 Å². The van der Waals surface area contributed by atoms with Crippen LogP contribution < -0.4 is 0 Å². The number of rotatable bonds is 1. The molecular weight excluding hydrogens is 284 g/mol. The van der Waals surface area contributed by atoms with E-state index in [0.29, 0.717) is 5.56 Å². The Morgan fingerprint density at radius 3 is 2.65 bits per heavy atom. The van der Waals surface area contributed by atoms with Gasteiger partial charge in [0.1, 0.15) is 5.75 Å². The Bertz CT molecular complexity index is 605. The van der Waals surface area contributed by atoms with E-state index in [9.17, 15) is 9.90 Å². The summed E-state index contributed by atoms with van der Waals surface area (Å²) in [5, 5.41) is 11.4. The molecule has 0 aliphatic carbocycles. The first-order chi connectivity index (χ1) is 8.04. The monoisotopic (exact) mass is 294 g/mol. The second-order valence-corrected chi connectivity index (χ2v) is 4.67. The zero-order valence-corrected chi connectivity index (χ0v) is 11.0. The molecule has 3 nitrogen and oxygen atoms in total. The van der Waals surface area contributed by atoms with Gasteiger partial charge in [0.2, 0.25) is 0 Å². The normalized spacial score (nSPS) is 10.5. The number of esters is 1. The number of benzene rings is 2. The van der Waals surface area contributed by atoms with E-state index in [1.807, 2.05) is 25.1 Å². The second kappa shape index (κ2) is 4.37. The van der Waals surface area contributed by atoms with Crippen molar-refractivity contribution >= 4 is 32.7 Å². The van der Waals surface area contributed by atoms with Crippen LogP contribution in [0.2, 0.25) is 0 Å². The molecule has 0 heterocycles. The lowest BCUT2D eigenvalue weighted by molar-refractivity contribution is 0.0599. The molecule has 0 aliphatic heterocycles. The Balaban J connectivity index is 2.82. The van der Waals surface area contributed by atoms with Crippen LogP contribution in [-0.4, -0.2) is 18.2 Å². The lowest BCUT2D eigenvalue weighted by atomic mass is 9.99. The largest absolute Gasteiger partial charge is 0.507 e. The summed E-state index contributed by atoms with van der Waals surface area (Å²) in [5.74, 6) is -0.363. The zero-order chi connectivity index (χ0) is 12.6. The van der Waals surface area contributed by atoms with Gasteiger partial charge in [-0.3, -0.25) is 0 Å². The molecule has 0 spiro atoms. The van der Waals surface area contributed by atoms with Crippen molar-refractivity contribution in [3.8, 4) is 5.75 Å². The maximum atomic E-state index is 11.6. The fraction of sp³-hybridized carbons (Fsp3) is 0.154. The van der Waals surface area contributed by atoms with Crippen molar-refractivity contribution in [1.82, 2.24) is 0 Å². The number of phenolic OH excluding ortho intramolecular Hbond substituents is 1. The molecule has 0 unspecified atom stereocenters. The van der Waals surface area contributed by atoms with E-state index in [0.717, 1.165) is 20.8 Å². The van der Waals surface area contributed by atoms with Gasteiger partial charge in [0.25, 0.3) is 0 Å². The molecule has 0 radical (unpaired) electrons. The molecule has 88 valence electrons. The highest BCUT2D eigenvalue weighted by Crippen LogP contribution is 2.32. The Labute approximate surface area is 107 Å². The number of aromatic hydroxyl groups is 1. The summed E-state index contributed by atoms with van der Waals surface area (Å²) >= 11 is 3.37. The first-order valence-electron chi connectivity index (χ1n) is 5.04. The Morgan fingerprint density at radius 2 is 2.00 bits per heavy atom. The van der Waals surface area contributed by atoms with Crippen molar-refractivity contribution in [3.63, 3.8) is 0 Å². The molecule has 0 atom stereocenters. The van der Waals surface area contributed by atoms with Crippen LogP contribution in [-0.2, 0) is 4.74 Å². The van der Waals surface area contributed by atoms with E-state index in [-0.39, 0.29) is 5.75 Å². The van der Waals surface area contributed by atoms with Gasteiger partial charge in [-0.15, -0.1) is 0 Å². The zero-order valence-electron chi connectivity index (χ0n) is 9.45. The van der Waals surface area contributed by atoms with Crippen LogP contribution in [0.1, 0.15) is 15.9 Å². The molecule has 17 heavy (non-hydrogen) atoms. The van der Waals surface area contributed by atoms with E-state index in [2.05, 4.69) is 20.7 Å². The molecule has 0 bridgehead atoms. The van der Waals surface area contributed by atoms with Crippen molar-refractivity contribution < 1.29 is 14.6 Å². The van der Waals surface area contributed by atoms with Crippen molar-refractivity contribution in [2.24, 2.45) is 0 Å². The predicted molar refractivity (Wildman–Crippen MR) is 69.4 cm³/mol. The smallest absolute Gasteiger partial charge is 0.338 e. The summed E-state index contributed by atoms with van der Waals surface area (Å²) in [6.07, 6.45) is 0. The fourth-order valence-corrected chi connectivity index (χ4v) is 2.20. The van der Waals surface area contributed by atoms with Crippen molar-refractivity contribution in [3.05, 3.63) is 39.9 Å². The van der Waals surface area contributed by atoms with Crippen LogP contribution in [0.5, 0.6) is 5.75 Å². The van der Waals surface area contributed by atoms with Gasteiger partial charge >= 0.3 is 5.97 Å². The van der Waals surface area contributed by atoms with Crippen LogP contribution in [0.15, 0.2) is 28.7 Å². The van der Waals surface area contributed by atoms with Gasteiger partial charge < -0.3 is 9.84 Å². The van der Waals surface area contributed by atoms with Crippen LogP contribution in [0.25, 0.3) is 10.8 Å². The quantitative estimate of drug-likeness (QED) is 0.820. The summed E-state index contributed by atoms with van der Waals surface area (Å²) in [5.41, 5.74) is 1.18. The van der Waals surface area contributed by atoms with E-state index in [1.54, 1.807) is 0 Å². The molecule has 0 amide bonds. The number of carbonyl (C=O) groups excluding carboxylic acids is 1. The summed E-state index contributed by atoms with van der Waals surface area (Å²) in [4.78, 5) is 11.6. The molecule has 0 aliphatic rings. The van der Waals surface area contributed by atoms with E-state index in [1.165, 1.54) is 13.2 Å². The first-order valence-corrected chi connectivity index (χ1v) is 5.84. The lowest BCUT2D eigenvalue weighted by Crippen LogP contribution is -2.04. The number of ether oxygens (including phenoxy) is 1. The number of fused-ring (bicyclic) bond motifs is 1. The minimum absolute atomic E-state index is 0.0819. The number of halogens is 1. The summed E-state index contributed by atoms with van der Waals surface area (Å²) < 4.78 is 5.59. The molecule has 0 saturated heterocycles. The van der Waals surface area contributed by atoms with E-state index in [4.69, 9.17) is 0 Å². The highest BCUT2D eigenvalue weighted by atomic mass is 79.9. The van der Waals surface area contributed by atoms with Crippen LogP contribution in [0.3, 0.4) is 0 Å².